The van der Waals surface area contributed by atoms with E-state index >= 15 is 0 Å². The van der Waals surface area contributed by atoms with E-state index in [0.29, 0.717) is 22.9 Å². The molecule has 11 heteroatoms. The maximum absolute atomic E-state index is 12.4. The zero-order chi connectivity index (χ0) is 24.4. The quantitative estimate of drug-likeness (QED) is 0.374. The van der Waals surface area contributed by atoms with Crippen molar-refractivity contribution < 1.29 is 23.9 Å². The number of amides is 2. The van der Waals surface area contributed by atoms with Crippen molar-refractivity contribution in [2.24, 2.45) is 11.8 Å². The number of hydrogen-bond donors (Lipinski definition) is 4. The number of carbonyl (C=O) groups excluding carboxylic acids is 2. The van der Waals surface area contributed by atoms with E-state index in [2.05, 4.69) is 30.8 Å². The van der Waals surface area contributed by atoms with Crippen molar-refractivity contribution in [2.45, 2.75) is 45.7 Å². The Balaban J connectivity index is 1.48. The summed E-state index contributed by atoms with van der Waals surface area (Å²) in [7, 11) is 0. The molecule has 3 aromatic rings. The van der Waals surface area contributed by atoms with Gasteiger partial charge in [0.2, 0.25) is 17.5 Å². The van der Waals surface area contributed by atoms with E-state index in [9.17, 15) is 19.5 Å². The summed E-state index contributed by atoms with van der Waals surface area (Å²) in [5.41, 5.74) is 1.22. The highest BCUT2D eigenvalue weighted by atomic mass is 16.4. The molecular formula is C23H26N6O5. The van der Waals surface area contributed by atoms with Crippen LogP contribution in [0.3, 0.4) is 0 Å². The highest BCUT2D eigenvalue weighted by Gasteiger charge is 2.30. The second kappa shape index (κ2) is 9.46. The second-order valence-electron chi connectivity index (χ2n) is 8.77. The number of carboxylic acid groups (broad SMARTS) is 1. The first-order valence-electron chi connectivity index (χ1n) is 11.1. The van der Waals surface area contributed by atoms with E-state index < -0.39 is 17.9 Å². The third-order valence-electron chi connectivity index (χ3n) is 5.72. The van der Waals surface area contributed by atoms with Gasteiger partial charge in [-0.15, -0.1) is 10.2 Å². The Morgan fingerprint density at radius 1 is 1.09 bits per heavy atom. The number of benzene rings is 1. The average Bonchev–Trinajstić information content (AvgIpc) is 3.33. The fourth-order valence-corrected chi connectivity index (χ4v) is 3.52. The molecule has 11 nitrogen and oxygen atoms in total. The second-order valence-corrected chi connectivity index (χ2v) is 8.77. The molecule has 1 saturated carbocycles. The summed E-state index contributed by atoms with van der Waals surface area (Å²) in [4.78, 5) is 43.2. The first-order chi connectivity index (χ1) is 16.2. The monoisotopic (exact) mass is 466 g/mol. The number of H-pyrrole nitrogens is 1. The molecule has 0 aliphatic heterocycles. The molecule has 4 N–H and O–H groups in total. The van der Waals surface area contributed by atoms with Crippen molar-refractivity contribution in [1.29, 1.82) is 0 Å². The summed E-state index contributed by atoms with van der Waals surface area (Å²) in [6, 6.07) is 6.06. The largest absolute Gasteiger partial charge is 0.480 e. The van der Waals surface area contributed by atoms with Crippen molar-refractivity contribution in [1.82, 2.24) is 30.8 Å². The molecule has 1 fully saturated rings. The van der Waals surface area contributed by atoms with E-state index in [1.54, 1.807) is 38.1 Å². The van der Waals surface area contributed by atoms with Gasteiger partial charge in [-0.3, -0.25) is 9.59 Å². The molecule has 2 amide bonds. The average molecular weight is 466 g/mol. The van der Waals surface area contributed by atoms with Crippen LogP contribution in [0.25, 0.3) is 22.8 Å². The maximum atomic E-state index is 12.4. The smallest absolute Gasteiger partial charge is 0.326 e. The van der Waals surface area contributed by atoms with Gasteiger partial charge in [0.25, 0.3) is 11.8 Å². The van der Waals surface area contributed by atoms with Crippen LogP contribution in [0.2, 0.25) is 0 Å². The SMILES string of the molecule is CC(C)C(NC(=O)c1nnc(-c2cccc(-c3ncc(C(=O)NC(C)C4CC4)o3)c2)[nH]1)C(=O)O. The number of aromatic nitrogens is 4. The number of rotatable bonds is 9. The summed E-state index contributed by atoms with van der Waals surface area (Å²) < 4.78 is 5.67. The van der Waals surface area contributed by atoms with Crippen molar-refractivity contribution >= 4 is 17.8 Å². The topological polar surface area (TPSA) is 163 Å². The lowest BCUT2D eigenvalue weighted by molar-refractivity contribution is -0.140. The molecule has 2 atom stereocenters. The van der Waals surface area contributed by atoms with E-state index in [0.717, 1.165) is 12.8 Å². The van der Waals surface area contributed by atoms with Crippen LogP contribution in [0, 0.1) is 11.8 Å². The number of aromatic amines is 1. The van der Waals surface area contributed by atoms with Crippen molar-refractivity contribution in [3.63, 3.8) is 0 Å². The Hall–Kier alpha value is -4.02. The highest BCUT2D eigenvalue weighted by molar-refractivity contribution is 5.94. The van der Waals surface area contributed by atoms with E-state index in [4.69, 9.17) is 4.42 Å². The normalized spacial score (nSPS) is 15.1. The molecule has 0 saturated heterocycles. The number of aliphatic carboxylic acids is 1. The molecule has 1 aliphatic carbocycles. The molecule has 2 heterocycles. The van der Waals surface area contributed by atoms with Gasteiger partial charge in [-0.25, -0.2) is 9.78 Å². The number of carboxylic acids is 1. The summed E-state index contributed by atoms with van der Waals surface area (Å²) in [5, 5.41) is 22.5. The van der Waals surface area contributed by atoms with Crippen LogP contribution < -0.4 is 10.6 Å². The lowest BCUT2D eigenvalue weighted by atomic mass is 10.0. The Morgan fingerprint density at radius 2 is 1.82 bits per heavy atom. The molecule has 2 aromatic heterocycles. The molecule has 34 heavy (non-hydrogen) atoms. The van der Waals surface area contributed by atoms with Crippen molar-refractivity contribution in [2.75, 3.05) is 0 Å². The number of carbonyl (C=O) groups is 3. The lowest BCUT2D eigenvalue weighted by Crippen LogP contribution is -2.44. The zero-order valence-corrected chi connectivity index (χ0v) is 19.0. The Bertz CT molecular complexity index is 1210. The van der Waals surface area contributed by atoms with E-state index in [1.807, 2.05) is 6.92 Å². The van der Waals surface area contributed by atoms with Gasteiger partial charge in [-0.2, -0.15) is 0 Å². The Labute approximate surface area is 195 Å². The first-order valence-corrected chi connectivity index (χ1v) is 11.1. The van der Waals surface area contributed by atoms with Gasteiger partial charge in [-0.1, -0.05) is 26.0 Å². The standard InChI is InChI=1S/C23H26N6O5/c1-11(2)17(23(32)33)26-21(31)19-27-18(28-29-19)14-5-4-6-15(9-14)22-24-10-16(34-22)20(30)25-12(3)13-7-8-13/h4-6,9-13,17H,7-8H2,1-3H3,(H,25,30)(H,26,31)(H,32,33)(H,27,28,29). The number of hydrogen-bond acceptors (Lipinski definition) is 7. The zero-order valence-electron chi connectivity index (χ0n) is 19.0. The minimum Gasteiger partial charge on any atom is -0.480 e. The fourth-order valence-electron chi connectivity index (χ4n) is 3.52. The van der Waals surface area contributed by atoms with Crippen LogP contribution in [0.4, 0.5) is 0 Å². The molecule has 0 bridgehead atoms. The molecule has 1 aliphatic rings. The Kier molecular flexibility index (Phi) is 6.44. The van der Waals surface area contributed by atoms with Gasteiger partial charge < -0.3 is 25.1 Å². The molecule has 0 radical (unpaired) electrons. The summed E-state index contributed by atoms with van der Waals surface area (Å²) in [6.45, 7) is 5.37. The van der Waals surface area contributed by atoms with Gasteiger partial charge in [0, 0.05) is 17.2 Å². The molecule has 178 valence electrons. The van der Waals surface area contributed by atoms with Crippen LogP contribution in [0.15, 0.2) is 34.9 Å². The van der Waals surface area contributed by atoms with Crippen LogP contribution in [-0.2, 0) is 4.79 Å². The van der Waals surface area contributed by atoms with Crippen LogP contribution in [0.1, 0.15) is 54.8 Å². The molecule has 4 rings (SSSR count). The van der Waals surface area contributed by atoms with Crippen LogP contribution in [-0.4, -0.2) is 55.1 Å². The Morgan fingerprint density at radius 3 is 2.50 bits per heavy atom. The third kappa shape index (κ3) is 5.13. The third-order valence-corrected chi connectivity index (χ3v) is 5.72. The van der Waals surface area contributed by atoms with E-state index in [-0.39, 0.29) is 35.3 Å². The first kappa shape index (κ1) is 23.1. The van der Waals surface area contributed by atoms with Crippen LogP contribution >= 0.6 is 0 Å². The molecule has 0 spiro atoms. The predicted molar refractivity (Wildman–Crippen MR) is 121 cm³/mol. The lowest BCUT2D eigenvalue weighted by Gasteiger charge is -2.16. The number of nitrogens with one attached hydrogen (secondary N) is 3. The van der Waals surface area contributed by atoms with Crippen molar-refractivity contribution in [3.05, 3.63) is 42.0 Å². The van der Waals surface area contributed by atoms with Crippen LogP contribution in [0.5, 0.6) is 0 Å². The fraction of sp³-hybridized carbons (Fsp3) is 0.391. The maximum Gasteiger partial charge on any atom is 0.326 e. The number of oxazole rings is 1. The summed E-state index contributed by atoms with van der Waals surface area (Å²) in [5.74, 6) is -1.27. The minimum atomic E-state index is -1.13. The molecular weight excluding hydrogens is 440 g/mol. The van der Waals surface area contributed by atoms with Gasteiger partial charge in [0.15, 0.2) is 5.82 Å². The summed E-state index contributed by atoms with van der Waals surface area (Å²) >= 11 is 0. The van der Waals surface area contributed by atoms with Gasteiger partial charge >= 0.3 is 5.97 Å². The van der Waals surface area contributed by atoms with Gasteiger partial charge in [-0.05, 0) is 43.7 Å². The molecule has 1 aromatic carbocycles. The number of nitrogens with zero attached hydrogens (tertiary/aromatic N) is 3. The molecule has 2 unspecified atom stereocenters. The summed E-state index contributed by atoms with van der Waals surface area (Å²) in [6.07, 6.45) is 3.64. The van der Waals surface area contributed by atoms with Crippen molar-refractivity contribution in [3.8, 4) is 22.8 Å². The minimum absolute atomic E-state index is 0.0912. The van der Waals surface area contributed by atoms with E-state index in [1.165, 1.54) is 6.20 Å². The van der Waals surface area contributed by atoms with Gasteiger partial charge in [0.1, 0.15) is 6.04 Å². The highest BCUT2D eigenvalue weighted by Crippen LogP contribution is 2.32. The van der Waals surface area contributed by atoms with Gasteiger partial charge in [0.05, 0.1) is 6.20 Å². The predicted octanol–water partition coefficient (Wildman–Crippen LogP) is 2.49.